The van der Waals surface area contributed by atoms with E-state index in [0.29, 0.717) is 24.3 Å². The minimum atomic E-state index is -0.377. The molecular formula is C27H28N4O2S. The fraction of sp³-hybridized carbons (Fsp3) is 0.333. The van der Waals surface area contributed by atoms with Crippen LogP contribution >= 0.6 is 12.6 Å². The zero-order chi connectivity index (χ0) is 23.7. The molecule has 0 bridgehead atoms. The standard InChI is InChI=1S/C27H28N4O2S/c1-2-31(26(32)24-14-20-12-18(16-28)9-10-23(20)30-24)21-7-5-11-27(34,15-21)29-17-22-13-19-6-3-4-8-25(19)33-22/h3-4,6,8-10,12-14,21,29-30,34H,2,5,7,11,15,17H2,1H3/t21-,27?/m0/s1. The van der Waals surface area contributed by atoms with E-state index in [-0.39, 0.29) is 16.8 Å². The van der Waals surface area contributed by atoms with E-state index in [0.717, 1.165) is 53.3 Å². The number of aromatic amines is 1. The van der Waals surface area contributed by atoms with Crippen LogP contribution in [0, 0.1) is 11.3 Å². The molecule has 174 valence electrons. The largest absolute Gasteiger partial charge is 0.460 e. The smallest absolute Gasteiger partial charge is 0.270 e. The maximum atomic E-state index is 13.5. The second-order valence-electron chi connectivity index (χ2n) is 9.07. The highest BCUT2D eigenvalue weighted by Gasteiger charge is 2.37. The molecule has 2 atom stereocenters. The van der Waals surface area contributed by atoms with E-state index in [4.69, 9.17) is 22.3 Å². The van der Waals surface area contributed by atoms with E-state index in [1.165, 1.54) is 0 Å². The third-order valence-electron chi connectivity index (χ3n) is 6.79. The number of amides is 1. The van der Waals surface area contributed by atoms with Gasteiger partial charge in [0.25, 0.3) is 5.91 Å². The molecule has 1 fully saturated rings. The summed E-state index contributed by atoms with van der Waals surface area (Å²) in [7, 11) is 0. The number of aromatic nitrogens is 1. The first-order chi connectivity index (χ1) is 16.5. The number of para-hydroxylation sites is 1. The summed E-state index contributed by atoms with van der Waals surface area (Å²) in [5.74, 6) is 0.868. The second kappa shape index (κ2) is 9.21. The number of carbonyl (C=O) groups is 1. The Hall–Kier alpha value is -3.21. The van der Waals surface area contributed by atoms with Crippen molar-refractivity contribution in [2.24, 2.45) is 0 Å². The summed E-state index contributed by atoms with van der Waals surface area (Å²) >= 11 is 5.03. The molecular weight excluding hydrogens is 444 g/mol. The van der Waals surface area contributed by atoms with Gasteiger partial charge < -0.3 is 14.3 Å². The maximum Gasteiger partial charge on any atom is 0.270 e. The number of thiol groups is 1. The molecule has 2 heterocycles. The van der Waals surface area contributed by atoms with Gasteiger partial charge in [-0.2, -0.15) is 17.9 Å². The van der Waals surface area contributed by atoms with Gasteiger partial charge in [-0.15, -0.1) is 0 Å². The fourth-order valence-electron chi connectivity index (χ4n) is 5.07. The zero-order valence-corrected chi connectivity index (χ0v) is 20.1. The summed E-state index contributed by atoms with van der Waals surface area (Å²) in [5.41, 5.74) is 2.88. The van der Waals surface area contributed by atoms with Crippen LogP contribution in [0.25, 0.3) is 21.9 Å². The van der Waals surface area contributed by atoms with E-state index in [1.54, 1.807) is 12.1 Å². The van der Waals surface area contributed by atoms with Gasteiger partial charge >= 0.3 is 0 Å². The van der Waals surface area contributed by atoms with Crippen LogP contribution in [0.4, 0.5) is 0 Å². The normalized spacial score (nSPS) is 20.4. The first kappa shape index (κ1) is 22.6. The molecule has 1 aliphatic rings. The topological polar surface area (TPSA) is 85.1 Å². The molecule has 0 radical (unpaired) electrons. The summed E-state index contributed by atoms with van der Waals surface area (Å²) in [4.78, 5) is 18.3. The number of carbonyl (C=O) groups excluding carboxylic acids is 1. The molecule has 0 saturated heterocycles. The maximum absolute atomic E-state index is 13.5. The Morgan fingerprint density at radius 1 is 1.26 bits per heavy atom. The van der Waals surface area contributed by atoms with Crippen molar-refractivity contribution in [3.05, 3.63) is 71.6 Å². The summed E-state index contributed by atoms with van der Waals surface area (Å²) < 4.78 is 5.96. The van der Waals surface area contributed by atoms with Gasteiger partial charge in [0.05, 0.1) is 23.0 Å². The minimum absolute atomic E-state index is 0.0166. The first-order valence-corrected chi connectivity index (χ1v) is 12.2. The lowest BCUT2D eigenvalue weighted by Crippen LogP contribution is -2.51. The van der Waals surface area contributed by atoms with E-state index in [2.05, 4.69) is 22.4 Å². The molecule has 34 heavy (non-hydrogen) atoms. The van der Waals surface area contributed by atoms with Crippen LogP contribution in [-0.4, -0.2) is 33.2 Å². The monoisotopic (exact) mass is 472 g/mol. The van der Waals surface area contributed by atoms with Gasteiger partial charge in [0, 0.05) is 28.9 Å². The highest BCUT2D eigenvalue weighted by atomic mass is 32.1. The number of nitrogens with one attached hydrogen (secondary N) is 2. The van der Waals surface area contributed by atoms with E-state index in [9.17, 15) is 4.79 Å². The number of benzene rings is 2. The molecule has 1 amide bonds. The molecule has 2 N–H and O–H groups in total. The van der Waals surface area contributed by atoms with Crippen molar-refractivity contribution in [1.29, 1.82) is 5.26 Å². The lowest BCUT2D eigenvalue weighted by atomic mass is 9.88. The number of fused-ring (bicyclic) bond motifs is 2. The van der Waals surface area contributed by atoms with Gasteiger partial charge in [0.15, 0.2) is 0 Å². The Morgan fingerprint density at radius 2 is 2.12 bits per heavy atom. The van der Waals surface area contributed by atoms with Crippen LogP contribution in [0.5, 0.6) is 0 Å². The van der Waals surface area contributed by atoms with Crippen LogP contribution in [0.2, 0.25) is 0 Å². The highest BCUT2D eigenvalue weighted by molar-refractivity contribution is 7.81. The van der Waals surface area contributed by atoms with Crippen molar-refractivity contribution in [3.8, 4) is 6.07 Å². The fourth-order valence-corrected chi connectivity index (χ4v) is 5.51. The number of rotatable bonds is 6. The molecule has 2 aromatic carbocycles. The van der Waals surface area contributed by atoms with Crippen molar-refractivity contribution in [2.75, 3.05) is 6.54 Å². The Kier molecular flexibility index (Phi) is 6.11. The molecule has 4 aromatic rings. The van der Waals surface area contributed by atoms with Crippen LogP contribution in [0.3, 0.4) is 0 Å². The molecule has 5 rings (SSSR count). The van der Waals surface area contributed by atoms with Crippen LogP contribution in [0.15, 0.2) is 59.0 Å². The number of H-pyrrole nitrogens is 1. The van der Waals surface area contributed by atoms with Crippen molar-refractivity contribution < 1.29 is 9.21 Å². The summed E-state index contributed by atoms with van der Waals surface area (Å²) in [5, 5.41) is 14.7. The van der Waals surface area contributed by atoms with Crippen molar-refractivity contribution in [2.45, 2.75) is 50.1 Å². The van der Waals surface area contributed by atoms with Gasteiger partial charge in [-0.25, -0.2) is 0 Å². The number of nitriles is 1. The quantitative estimate of drug-likeness (QED) is 0.252. The molecule has 1 unspecified atom stereocenters. The number of hydrogen-bond acceptors (Lipinski definition) is 5. The molecule has 2 aromatic heterocycles. The van der Waals surface area contributed by atoms with Gasteiger partial charge in [0.1, 0.15) is 17.0 Å². The molecule has 6 nitrogen and oxygen atoms in total. The van der Waals surface area contributed by atoms with Crippen molar-refractivity contribution in [3.63, 3.8) is 0 Å². The molecule has 0 aliphatic heterocycles. The Labute approximate surface area is 204 Å². The van der Waals surface area contributed by atoms with E-state index in [1.807, 2.05) is 48.2 Å². The minimum Gasteiger partial charge on any atom is -0.460 e. The zero-order valence-electron chi connectivity index (χ0n) is 19.2. The number of nitrogens with zero attached hydrogens (tertiary/aromatic N) is 2. The van der Waals surface area contributed by atoms with Crippen LogP contribution in [-0.2, 0) is 6.54 Å². The summed E-state index contributed by atoms with van der Waals surface area (Å²) in [6.45, 7) is 3.23. The first-order valence-electron chi connectivity index (χ1n) is 11.8. The van der Waals surface area contributed by atoms with Crippen molar-refractivity contribution >= 4 is 40.4 Å². The van der Waals surface area contributed by atoms with E-state index >= 15 is 0 Å². The SMILES string of the molecule is CCN(C(=O)c1cc2cc(C#N)ccc2[nH]1)[C@H]1CCCC(S)(NCc2cc3ccccc3o2)C1. The molecule has 0 spiro atoms. The second-order valence-corrected chi connectivity index (χ2v) is 9.93. The number of furan rings is 1. The highest BCUT2D eigenvalue weighted by Crippen LogP contribution is 2.35. The summed E-state index contributed by atoms with van der Waals surface area (Å²) in [6, 6.07) is 19.6. The number of hydrogen-bond donors (Lipinski definition) is 3. The van der Waals surface area contributed by atoms with E-state index < -0.39 is 0 Å². The van der Waals surface area contributed by atoms with Gasteiger partial charge in [-0.1, -0.05) is 18.2 Å². The Morgan fingerprint density at radius 3 is 2.91 bits per heavy atom. The Bertz CT molecular complexity index is 1350. The third-order valence-corrected chi connectivity index (χ3v) is 7.36. The molecule has 1 saturated carbocycles. The third kappa shape index (κ3) is 4.44. The van der Waals surface area contributed by atoms with Crippen LogP contribution in [0.1, 0.15) is 54.4 Å². The predicted molar refractivity (Wildman–Crippen MR) is 137 cm³/mol. The van der Waals surface area contributed by atoms with Gasteiger partial charge in [0.2, 0.25) is 0 Å². The average Bonchev–Trinajstić information content (AvgIpc) is 3.46. The Balaban J connectivity index is 1.29. The summed E-state index contributed by atoms with van der Waals surface area (Å²) in [6.07, 6.45) is 3.63. The lowest BCUT2D eigenvalue weighted by molar-refractivity contribution is 0.0611. The van der Waals surface area contributed by atoms with Gasteiger partial charge in [-0.3, -0.25) is 10.1 Å². The predicted octanol–water partition coefficient (Wildman–Crippen LogP) is 5.61. The van der Waals surface area contributed by atoms with Crippen LogP contribution < -0.4 is 5.32 Å². The van der Waals surface area contributed by atoms with Gasteiger partial charge in [-0.05, 0) is 69.0 Å². The average molecular weight is 473 g/mol. The van der Waals surface area contributed by atoms with Crippen molar-refractivity contribution in [1.82, 2.24) is 15.2 Å². The molecule has 7 heteroatoms. The molecule has 1 aliphatic carbocycles. The lowest BCUT2D eigenvalue weighted by Gasteiger charge is -2.42.